The number of thiazole rings is 1. The molecule has 0 aliphatic carbocycles. The molecule has 1 unspecified atom stereocenters. The van der Waals surface area contributed by atoms with E-state index in [0.29, 0.717) is 0 Å². The molecule has 104 valence electrons. The molecular weight excluding hydrogens is 308 g/mol. The van der Waals surface area contributed by atoms with Crippen LogP contribution >= 0.6 is 34.3 Å². The number of nitrogens with zero attached hydrogens (tertiary/aromatic N) is 1. The highest BCUT2D eigenvalue weighted by Gasteiger charge is 2.10. The number of thiophene rings is 1. The molecule has 3 rings (SSSR count). The standard InChI is InChI=1S/C15H15ClN2S2/c1-10(17-9-8-11-6-7-14(16)19-11)15-18-12-4-2-3-5-13(12)20-15/h2-7,10,17H,8-9H2,1H3. The molecule has 1 atom stereocenters. The molecule has 3 aromatic rings. The van der Waals surface area contributed by atoms with Crippen LogP contribution in [0.3, 0.4) is 0 Å². The van der Waals surface area contributed by atoms with Gasteiger partial charge in [0.15, 0.2) is 0 Å². The lowest BCUT2D eigenvalue weighted by atomic mass is 10.3. The van der Waals surface area contributed by atoms with E-state index in [1.165, 1.54) is 9.58 Å². The number of rotatable bonds is 5. The molecule has 1 aromatic carbocycles. The normalized spacial score (nSPS) is 12.9. The number of hydrogen-bond acceptors (Lipinski definition) is 4. The van der Waals surface area contributed by atoms with Crippen molar-refractivity contribution in [2.45, 2.75) is 19.4 Å². The molecule has 0 aliphatic rings. The summed E-state index contributed by atoms with van der Waals surface area (Å²) in [5.74, 6) is 0. The zero-order chi connectivity index (χ0) is 13.9. The van der Waals surface area contributed by atoms with Gasteiger partial charge in [0.2, 0.25) is 0 Å². The number of nitrogens with one attached hydrogen (secondary N) is 1. The van der Waals surface area contributed by atoms with Crippen LogP contribution in [0.25, 0.3) is 10.2 Å². The lowest BCUT2D eigenvalue weighted by Crippen LogP contribution is -2.20. The van der Waals surface area contributed by atoms with Crippen molar-refractivity contribution in [1.82, 2.24) is 10.3 Å². The fraction of sp³-hybridized carbons (Fsp3) is 0.267. The summed E-state index contributed by atoms with van der Waals surface area (Å²) in [7, 11) is 0. The fourth-order valence-corrected chi connectivity index (χ4v) is 4.14. The van der Waals surface area contributed by atoms with E-state index >= 15 is 0 Å². The number of fused-ring (bicyclic) bond motifs is 1. The Morgan fingerprint density at radius 1 is 1.20 bits per heavy atom. The lowest BCUT2D eigenvalue weighted by Gasteiger charge is -2.09. The topological polar surface area (TPSA) is 24.9 Å². The monoisotopic (exact) mass is 322 g/mol. The van der Waals surface area contributed by atoms with Crippen LogP contribution in [0, 0.1) is 0 Å². The minimum absolute atomic E-state index is 0.280. The highest BCUT2D eigenvalue weighted by molar-refractivity contribution is 7.18. The zero-order valence-corrected chi connectivity index (χ0v) is 13.5. The molecule has 20 heavy (non-hydrogen) atoms. The second-order valence-electron chi connectivity index (χ2n) is 4.65. The van der Waals surface area contributed by atoms with Crippen LogP contribution < -0.4 is 5.32 Å². The molecule has 0 aliphatic heterocycles. The maximum Gasteiger partial charge on any atom is 0.111 e. The Morgan fingerprint density at radius 2 is 2.05 bits per heavy atom. The summed E-state index contributed by atoms with van der Waals surface area (Å²) >= 11 is 9.35. The van der Waals surface area contributed by atoms with Crippen molar-refractivity contribution in [2.24, 2.45) is 0 Å². The maximum atomic E-state index is 5.93. The molecule has 0 saturated carbocycles. The van der Waals surface area contributed by atoms with E-state index in [-0.39, 0.29) is 6.04 Å². The van der Waals surface area contributed by atoms with Crippen LogP contribution in [0.2, 0.25) is 4.34 Å². The summed E-state index contributed by atoms with van der Waals surface area (Å²) in [5.41, 5.74) is 1.09. The molecule has 2 heterocycles. The van der Waals surface area contributed by atoms with E-state index in [9.17, 15) is 0 Å². The zero-order valence-electron chi connectivity index (χ0n) is 11.1. The van der Waals surface area contributed by atoms with Crippen molar-refractivity contribution in [3.63, 3.8) is 0 Å². The molecular formula is C15H15ClN2S2. The Balaban J connectivity index is 1.59. The van der Waals surface area contributed by atoms with Gasteiger partial charge in [-0.3, -0.25) is 0 Å². The van der Waals surface area contributed by atoms with E-state index in [1.54, 1.807) is 22.7 Å². The first-order valence-electron chi connectivity index (χ1n) is 6.55. The molecule has 0 saturated heterocycles. The van der Waals surface area contributed by atoms with E-state index < -0.39 is 0 Å². The van der Waals surface area contributed by atoms with Crippen LogP contribution in [0.1, 0.15) is 22.9 Å². The smallest absolute Gasteiger partial charge is 0.111 e. The van der Waals surface area contributed by atoms with Gasteiger partial charge in [-0.15, -0.1) is 22.7 Å². The fourth-order valence-electron chi connectivity index (χ4n) is 2.06. The van der Waals surface area contributed by atoms with Crippen molar-refractivity contribution in [3.8, 4) is 0 Å². The highest BCUT2D eigenvalue weighted by Crippen LogP contribution is 2.26. The van der Waals surface area contributed by atoms with Crippen molar-refractivity contribution in [2.75, 3.05) is 6.54 Å². The Bertz CT molecular complexity index is 672. The average molecular weight is 323 g/mol. The van der Waals surface area contributed by atoms with Crippen molar-refractivity contribution >= 4 is 44.5 Å². The summed E-state index contributed by atoms with van der Waals surface area (Å²) in [6.45, 7) is 3.10. The number of halogens is 1. The van der Waals surface area contributed by atoms with Crippen molar-refractivity contribution in [1.29, 1.82) is 0 Å². The third kappa shape index (κ3) is 3.20. The summed E-state index contributed by atoms with van der Waals surface area (Å²) in [6.07, 6.45) is 1.01. The van der Waals surface area contributed by atoms with Crippen LogP contribution in [0.15, 0.2) is 36.4 Å². The average Bonchev–Trinajstić information content (AvgIpc) is 3.04. The second-order valence-corrected chi connectivity index (χ2v) is 7.51. The van der Waals surface area contributed by atoms with Gasteiger partial charge in [-0.1, -0.05) is 23.7 Å². The Hall–Kier alpha value is -0.940. The van der Waals surface area contributed by atoms with E-state index in [0.717, 1.165) is 27.8 Å². The number of aromatic nitrogens is 1. The molecule has 0 spiro atoms. The Kier molecular flexibility index (Phi) is 4.36. The Labute approximate surface area is 131 Å². The quantitative estimate of drug-likeness (QED) is 0.722. The molecule has 2 nitrogen and oxygen atoms in total. The predicted molar refractivity (Wildman–Crippen MR) is 89.1 cm³/mol. The van der Waals surface area contributed by atoms with E-state index in [2.05, 4.69) is 41.5 Å². The van der Waals surface area contributed by atoms with Gasteiger partial charge in [0.05, 0.1) is 20.6 Å². The summed E-state index contributed by atoms with van der Waals surface area (Å²) in [5, 5.41) is 4.68. The predicted octanol–water partition coefficient (Wildman–Crippen LogP) is 4.90. The third-order valence-corrected chi connectivity index (χ3v) is 5.64. The molecule has 5 heteroatoms. The first kappa shape index (κ1) is 14.0. The van der Waals surface area contributed by atoms with Gasteiger partial charge in [-0.2, -0.15) is 0 Å². The minimum Gasteiger partial charge on any atom is -0.308 e. The molecule has 0 amide bonds. The lowest BCUT2D eigenvalue weighted by molar-refractivity contribution is 0.576. The van der Waals surface area contributed by atoms with Gasteiger partial charge < -0.3 is 5.32 Å². The third-order valence-electron chi connectivity index (χ3n) is 3.13. The van der Waals surface area contributed by atoms with E-state index in [1.807, 2.05) is 12.1 Å². The molecule has 2 aromatic heterocycles. The number of benzene rings is 1. The van der Waals surface area contributed by atoms with Gasteiger partial charge in [0.25, 0.3) is 0 Å². The first-order valence-corrected chi connectivity index (χ1v) is 8.56. The second kappa shape index (κ2) is 6.22. The Morgan fingerprint density at radius 3 is 2.80 bits per heavy atom. The number of para-hydroxylation sites is 1. The molecule has 1 N–H and O–H groups in total. The summed E-state index contributed by atoms with van der Waals surface area (Å²) in [6, 6.07) is 12.6. The minimum atomic E-state index is 0.280. The van der Waals surface area contributed by atoms with Crippen LogP contribution in [-0.2, 0) is 6.42 Å². The van der Waals surface area contributed by atoms with E-state index in [4.69, 9.17) is 11.6 Å². The maximum absolute atomic E-state index is 5.93. The SMILES string of the molecule is CC(NCCc1ccc(Cl)s1)c1nc2ccccc2s1. The largest absolute Gasteiger partial charge is 0.308 e. The van der Waals surface area contributed by atoms with Crippen LogP contribution in [0.5, 0.6) is 0 Å². The van der Waals surface area contributed by atoms with Gasteiger partial charge in [0, 0.05) is 11.4 Å². The van der Waals surface area contributed by atoms with Gasteiger partial charge in [-0.05, 0) is 37.6 Å². The van der Waals surface area contributed by atoms with Gasteiger partial charge >= 0.3 is 0 Å². The van der Waals surface area contributed by atoms with Crippen molar-refractivity contribution < 1.29 is 0 Å². The number of hydrogen-bond donors (Lipinski definition) is 1. The first-order chi connectivity index (χ1) is 9.72. The molecule has 0 fully saturated rings. The van der Waals surface area contributed by atoms with Gasteiger partial charge in [0.1, 0.15) is 5.01 Å². The van der Waals surface area contributed by atoms with Crippen LogP contribution in [-0.4, -0.2) is 11.5 Å². The summed E-state index contributed by atoms with van der Waals surface area (Å²) < 4.78 is 2.11. The van der Waals surface area contributed by atoms with Crippen molar-refractivity contribution in [3.05, 3.63) is 50.6 Å². The molecule has 0 bridgehead atoms. The van der Waals surface area contributed by atoms with Crippen LogP contribution in [0.4, 0.5) is 0 Å². The molecule has 0 radical (unpaired) electrons. The van der Waals surface area contributed by atoms with Gasteiger partial charge in [-0.25, -0.2) is 4.98 Å². The summed E-state index contributed by atoms with van der Waals surface area (Å²) in [4.78, 5) is 6.00. The highest BCUT2D eigenvalue weighted by atomic mass is 35.5.